The highest BCUT2D eigenvalue weighted by atomic mass is 32.2. The standard InChI is InChI=1S/C15H22N2S2/c1-19-11-5-10-16-15(18)17-14-9-4-7-12-6-2-3-8-13(12)14/h2-3,6,8,14H,4-5,7,9-11H2,1H3,(H2,16,17,18)/t14-/m0/s1. The third kappa shape index (κ3) is 4.39. The minimum Gasteiger partial charge on any atom is -0.363 e. The molecule has 0 amide bonds. The largest absolute Gasteiger partial charge is 0.363 e. The van der Waals surface area contributed by atoms with E-state index in [9.17, 15) is 0 Å². The second-order valence-corrected chi connectivity index (χ2v) is 6.28. The second kappa shape index (κ2) is 7.75. The van der Waals surface area contributed by atoms with Crippen molar-refractivity contribution in [2.45, 2.75) is 31.7 Å². The second-order valence-electron chi connectivity index (χ2n) is 4.89. The van der Waals surface area contributed by atoms with Crippen LogP contribution in [-0.4, -0.2) is 23.7 Å². The fourth-order valence-corrected chi connectivity index (χ4v) is 3.21. The Kier molecular flexibility index (Phi) is 5.98. The van der Waals surface area contributed by atoms with Gasteiger partial charge in [-0.1, -0.05) is 24.3 Å². The summed E-state index contributed by atoms with van der Waals surface area (Å²) < 4.78 is 0. The summed E-state index contributed by atoms with van der Waals surface area (Å²) in [4.78, 5) is 0. The molecule has 1 atom stereocenters. The molecule has 0 spiro atoms. The number of rotatable bonds is 5. The van der Waals surface area contributed by atoms with E-state index < -0.39 is 0 Å². The summed E-state index contributed by atoms with van der Waals surface area (Å²) >= 11 is 7.26. The summed E-state index contributed by atoms with van der Waals surface area (Å²) in [5.74, 6) is 1.18. The summed E-state index contributed by atoms with van der Waals surface area (Å²) in [5, 5.41) is 7.56. The van der Waals surface area contributed by atoms with Crippen molar-refractivity contribution < 1.29 is 0 Å². The number of thioether (sulfide) groups is 1. The van der Waals surface area contributed by atoms with Crippen LogP contribution in [0.3, 0.4) is 0 Å². The van der Waals surface area contributed by atoms with Gasteiger partial charge in [-0.15, -0.1) is 0 Å². The predicted octanol–water partition coefficient (Wildman–Crippen LogP) is 3.28. The molecule has 0 fully saturated rings. The topological polar surface area (TPSA) is 24.1 Å². The molecule has 2 rings (SSSR count). The first-order valence-electron chi connectivity index (χ1n) is 6.92. The van der Waals surface area contributed by atoms with E-state index >= 15 is 0 Å². The van der Waals surface area contributed by atoms with Gasteiger partial charge >= 0.3 is 0 Å². The molecule has 1 aliphatic rings. The number of aryl methyl sites for hydroxylation is 1. The molecule has 0 radical (unpaired) electrons. The molecule has 2 N–H and O–H groups in total. The van der Waals surface area contributed by atoms with Gasteiger partial charge in [-0.3, -0.25) is 0 Å². The summed E-state index contributed by atoms with van der Waals surface area (Å²) in [6.45, 7) is 0.959. The average molecular weight is 294 g/mol. The van der Waals surface area contributed by atoms with Gasteiger partial charge in [0.05, 0.1) is 6.04 Å². The lowest BCUT2D eigenvalue weighted by Gasteiger charge is -2.27. The molecule has 1 aromatic carbocycles. The molecule has 0 bridgehead atoms. The molecule has 0 aromatic heterocycles. The smallest absolute Gasteiger partial charge is 0.166 e. The van der Waals surface area contributed by atoms with Crippen molar-refractivity contribution in [2.75, 3.05) is 18.6 Å². The van der Waals surface area contributed by atoms with Crippen molar-refractivity contribution in [1.29, 1.82) is 0 Å². The van der Waals surface area contributed by atoms with Crippen molar-refractivity contribution in [2.24, 2.45) is 0 Å². The lowest BCUT2D eigenvalue weighted by atomic mass is 9.88. The van der Waals surface area contributed by atoms with E-state index in [4.69, 9.17) is 12.2 Å². The van der Waals surface area contributed by atoms with Gasteiger partial charge in [0, 0.05) is 6.54 Å². The zero-order valence-electron chi connectivity index (χ0n) is 11.4. The van der Waals surface area contributed by atoms with Gasteiger partial charge in [-0.05, 0) is 61.0 Å². The van der Waals surface area contributed by atoms with Crippen molar-refractivity contribution in [3.63, 3.8) is 0 Å². The van der Waals surface area contributed by atoms with Crippen LogP contribution in [0.2, 0.25) is 0 Å². The van der Waals surface area contributed by atoms with Gasteiger partial charge in [0.15, 0.2) is 5.11 Å². The first-order valence-corrected chi connectivity index (χ1v) is 8.72. The Labute approximate surface area is 125 Å². The van der Waals surface area contributed by atoms with E-state index in [1.165, 1.54) is 36.1 Å². The summed E-state index contributed by atoms with van der Waals surface area (Å²) in [5.41, 5.74) is 2.89. The van der Waals surface area contributed by atoms with E-state index in [2.05, 4.69) is 41.2 Å². The fraction of sp³-hybridized carbons (Fsp3) is 0.533. The Balaban J connectivity index is 1.85. The Morgan fingerprint density at radius 1 is 1.42 bits per heavy atom. The van der Waals surface area contributed by atoms with Crippen LogP contribution in [0.4, 0.5) is 0 Å². The van der Waals surface area contributed by atoms with E-state index in [0.717, 1.165) is 18.1 Å². The number of nitrogens with one attached hydrogen (secondary N) is 2. The van der Waals surface area contributed by atoms with Crippen LogP contribution in [0.15, 0.2) is 24.3 Å². The minimum atomic E-state index is 0.380. The lowest BCUT2D eigenvalue weighted by molar-refractivity contribution is 0.523. The molecule has 1 aromatic rings. The van der Waals surface area contributed by atoms with Crippen LogP contribution in [0.25, 0.3) is 0 Å². The molecule has 0 heterocycles. The van der Waals surface area contributed by atoms with Crippen LogP contribution in [0.5, 0.6) is 0 Å². The van der Waals surface area contributed by atoms with Gasteiger partial charge < -0.3 is 10.6 Å². The maximum atomic E-state index is 5.38. The SMILES string of the molecule is CSCCCNC(=S)N[C@H]1CCCc2ccccc21. The van der Waals surface area contributed by atoms with E-state index in [1.807, 2.05) is 11.8 Å². The van der Waals surface area contributed by atoms with Gasteiger partial charge in [-0.2, -0.15) is 11.8 Å². The van der Waals surface area contributed by atoms with Crippen molar-refractivity contribution in [3.8, 4) is 0 Å². The van der Waals surface area contributed by atoms with E-state index in [-0.39, 0.29) is 0 Å². The third-order valence-corrected chi connectivity index (χ3v) is 4.44. The fourth-order valence-electron chi connectivity index (χ4n) is 2.53. The highest BCUT2D eigenvalue weighted by Crippen LogP contribution is 2.29. The maximum absolute atomic E-state index is 5.38. The molecule has 2 nitrogen and oxygen atoms in total. The average Bonchev–Trinajstić information content (AvgIpc) is 2.44. The molecular formula is C15H22N2S2. The molecular weight excluding hydrogens is 272 g/mol. The van der Waals surface area contributed by atoms with Crippen LogP contribution >= 0.6 is 24.0 Å². The molecule has 0 saturated heterocycles. The lowest BCUT2D eigenvalue weighted by Crippen LogP contribution is -2.39. The molecule has 0 saturated carbocycles. The van der Waals surface area contributed by atoms with Crippen LogP contribution < -0.4 is 10.6 Å². The van der Waals surface area contributed by atoms with Crippen molar-refractivity contribution in [3.05, 3.63) is 35.4 Å². The highest BCUT2D eigenvalue weighted by molar-refractivity contribution is 7.98. The molecule has 0 aliphatic heterocycles. The number of hydrogen-bond acceptors (Lipinski definition) is 2. The monoisotopic (exact) mass is 294 g/mol. The van der Waals surface area contributed by atoms with E-state index in [1.54, 1.807) is 0 Å². The zero-order valence-corrected chi connectivity index (χ0v) is 13.1. The predicted molar refractivity (Wildman–Crippen MR) is 88.9 cm³/mol. The Bertz CT molecular complexity index is 420. The molecule has 1 aliphatic carbocycles. The third-order valence-electron chi connectivity index (χ3n) is 3.49. The molecule has 4 heteroatoms. The Hall–Kier alpha value is -0.740. The maximum Gasteiger partial charge on any atom is 0.166 e. The molecule has 104 valence electrons. The van der Waals surface area contributed by atoms with Gasteiger partial charge in [0.25, 0.3) is 0 Å². The molecule has 0 unspecified atom stereocenters. The van der Waals surface area contributed by atoms with Crippen LogP contribution in [0.1, 0.15) is 36.4 Å². The Morgan fingerprint density at radius 3 is 3.11 bits per heavy atom. The number of thiocarbonyl (C=S) groups is 1. The highest BCUT2D eigenvalue weighted by Gasteiger charge is 2.19. The van der Waals surface area contributed by atoms with Crippen LogP contribution in [-0.2, 0) is 6.42 Å². The van der Waals surface area contributed by atoms with Gasteiger partial charge in [0.2, 0.25) is 0 Å². The Morgan fingerprint density at radius 2 is 2.26 bits per heavy atom. The summed E-state index contributed by atoms with van der Waals surface area (Å²) in [7, 11) is 0. The van der Waals surface area contributed by atoms with Gasteiger partial charge in [-0.25, -0.2) is 0 Å². The first-order chi connectivity index (χ1) is 9.31. The quantitative estimate of drug-likeness (QED) is 0.643. The van der Waals surface area contributed by atoms with E-state index in [0.29, 0.717) is 6.04 Å². The van der Waals surface area contributed by atoms with Crippen molar-refractivity contribution in [1.82, 2.24) is 10.6 Å². The summed E-state index contributed by atoms with van der Waals surface area (Å²) in [6, 6.07) is 9.08. The molecule has 19 heavy (non-hydrogen) atoms. The number of benzene rings is 1. The summed E-state index contributed by atoms with van der Waals surface area (Å²) in [6.07, 6.45) is 6.90. The number of hydrogen-bond donors (Lipinski definition) is 2. The zero-order chi connectivity index (χ0) is 13.5. The minimum absolute atomic E-state index is 0.380. The first kappa shape index (κ1) is 14.7. The normalized spacial score (nSPS) is 17.6. The van der Waals surface area contributed by atoms with Gasteiger partial charge in [0.1, 0.15) is 0 Å². The van der Waals surface area contributed by atoms with Crippen LogP contribution in [0, 0.1) is 0 Å². The number of fused-ring (bicyclic) bond motifs is 1. The van der Waals surface area contributed by atoms with Crippen molar-refractivity contribution >= 4 is 29.1 Å².